The van der Waals surface area contributed by atoms with E-state index >= 15 is 0 Å². The maximum absolute atomic E-state index is 12.6. The van der Waals surface area contributed by atoms with E-state index < -0.39 is 0 Å². The Morgan fingerprint density at radius 3 is 2.53 bits per heavy atom. The Balaban J connectivity index is 1.84. The Hall–Kier alpha value is -1.66. The second-order valence-electron chi connectivity index (χ2n) is 5.74. The summed E-state index contributed by atoms with van der Waals surface area (Å²) < 4.78 is 0. The maximum atomic E-state index is 12.6. The van der Waals surface area contributed by atoms with E-state index in [1.54, 1.807) is 12.1 Å². The molecule has 3 heteroatoms. The Morgan fingerprint density at radius 2 is 1.89 bits per heavy atom. The van der Waals surface area contributed by atoms with Crippen LogP contribution >= 0.6 is 0 Å². The molecule has 2 bridgehead atoms. The molecule has 1 aromatic rings. The van der Waals surface area contributed by atoms with Gasteiger partial charge in [-0.1, -0.05) is 18.2 Å². The van der Waals surface area contributed by atoms with Crippen molar-refractivity contribution in [1.82, 2.24) is 4.90 Å². The number of Topliss-reactive ketones (excluding diaryl/α,β-unsaturated/α-hetero) is 1. The number of carbonyl (C=O) groups is 1. The minimum atomic E-state index is 0.100. The lowest BCUT2D eigenvalue weighted by Gasteiger charge is -2.35. The van der Waals surface area contributed by atoms with E-state index in [0.717, 1.165) is 12.8 Å². The molecule has 0 aromatic heterocycles. The first-order valence-electron chi connectivity index (χ1n) is 6.96. The monoisotopic (exact) mass is 254 g/mol. The summed E-state index contributed by atoms with van der Waals surface area (Å²) in [5, 5.41) is 9.11. The number of benzene rings is 1. The van der Waals surface area contributed by atoms with Gasteiger partial charge in [0.05, 0.1) is 11.6 Å². The zero-order valence-corrected chi connectivity index (χ0v) is 11.2. The molecular weight excluding hydrogens is 236 g/mol. The van der Waals surface area contributed by atoms with Gasteiger partial charge in [0, 0.05) is 23.6 Å². The molecule has 2 aliphatic rings. The first-order valence-corrected chi connectivity index (χ1v) is 6.96. The minimum absolute atomic E-state index is 0.100. The van der Waals surface area contributed by atoms with Gasteiger partial charge in [-0.05, 0) is 38.8 Å². The van der Waals surface area contributed by atoms with Crippen LogP contribution in [-0.2, 0) is 0 Å². The number of hydrogen-bond donors (Lipinski definition) is 0. The quantitative estimate of drug-likeness (QED) is 0.762. The number of piperidine rings is 1. The van der Waals surface area contributed by atoms with Gasteiger partial charge in [-0.15, -0.1) is 0 Å². The zero-order chi connectivity index (χ0) is 13.4. The number of fused-ring (bicyclic) bond motifs is 2. The SMILES string of the molecule is CN1C2CCC1CC(C(=O)c1ccccc1C#N)C2. The molecule has 2 heterocycles. The molecule has 2 aliphatic heterocycles. The van der Waals surface area contributed by atoms with Crippen LogP contribution in [-0.4, -0.2) is 29.8 Å². The van der Waals surface area contributed by atoms with E-state index in [4.69, 9.17) is 5.26 Å². The van der Waals surface area contributed by atoms with Gasteiger partial charge in [-0.2, -0.15) is 5.26 Å². The molecule has 2 fully saturated rings. The van der Waals surface area contributed by atoms with Crippen LogP contribution < -0.4 is 0 Å². The van der Waals surface area contributed by atoms with E-state index in [-0.39, 0.29) is 11.7 Å². The van der Waals surface area contributed by atoms with Gasteiger partial charge in [0.15, 0.2) is 5.78 Å². The fourth-order valence-electron chi connectivity index (χ4n) is 3.64. The molecular formula is C16H18N2O. The van der Waals surface area contributed by atoms with E-state index in [1.165, 1.54) is 12.8 Å². The van der Waals surface area contributed by atoms with Crippen LogP contribution in [0.3, 0.4) is 0 Å². The topological polar surface area (TPSA) is 44.1 Å². The van der Waals surface area contributed by atoms with Gasteiger partial charge in [0.25, 0.3) is 0 Å². The largest absolute Gasteiger partial charge is 0.300 e. The number of nitriles is 1. The molecule has 0 amide bonds. The van der Waals surface area contributed by atoms with E-state index in [2.05, 4.69) is 18.0 Å². The Labute approximate surface area is 113 Å². The third-order valence-corrected chi connectivity index (χ3v) is 4.78. The summed E-state index contributed by atoms with van der Waals surface area (Å²) in [4.78, 5) is 15.1. The van der Waals surface area contributed by atoms with Crippen molar-refractivity contribution in [3.05, 3.63) is 35.4 Å². The number of nitrogens with zero attached hydrogens (tertiary/aromatic N) is 2. The lowest BCUT2D eigenvalue weighted by atomic mass is 9.84. The summed E-state index contributed by atoms with van der Waals surface area (Å²) in [5.41, 5.74) is 1.12. The summed E-state index contributed by atoms with van der Waals surface area (Å²) in [5.74, 6) is 0.269. The molecule has 0 radical (unpaired) electrons. The third-order valence-electron chi connectivity index (χ3n) is 4.78. The number of rotatable bonds is 2. The molecule has 0 saturated carbocycles. The second-order valence-corrected chi connectivity index (χ2v) is 5.74. The predicted molar refractivity (Wildman–Crippen MR) is 72.8 cm³/mol. The highest BCUT2D eigenvalue weighted by Gasteiger charge is 2.41. The highest BCUT2D eigenvalue weighted by Crippen LogP contribution is 2.38. The Kier molecular flexibility index (Phi) is 3.12. The van der Waals surface area contributed by atoms with Crippen molar-refractivity contribution in [3.63, 3.8) is 0 Å². The molecule has 1 aromatic carbocycles. The summed E-state index contributed by atoms with van der Waals surface area (Å²) in [6, 6.07) is 10.4. The maximum Gasteiger partial charge on any atom is 0.167 e. The van der Waals surface area contributed by atoms with E-state index in [0.29, 0.717) is 23.2 Å². The highest BCUT2D eigenvalue weighted by atomic mass is 16.1. The number of hydrogen-bond acceptors (Lipinski definition) is 3. The lowest BCUT2D eigenvalue weighted by molar-refractivity contribution is 0.0767. The van der Waals surface area contributed by atoms with Crippen LogP contribution in [0.15, 0.2) is 24.3 Å². The summed E-state index contributed by atoms with van der Waals surface area (Å²) in [7, 11) is 2.17. The van der Waals surface area contributed by atoms with Gasteiger partial charge >= 0.3 is 0 Å². The number of carbonyl (C=O) groups excluding carboxylic acids is 1. The molecule has 0 N–H and O–H groups in total. The van der Waals surface area contributed by atoms with Crippen molar-refractivity contribution in [2.45, 2.75) is 37.8 Å². The first-order chi connectivity index (χ1) is 9.20. The van der Waals surface area contributed by atoms with Crippen molar-refractivity contribution in [1.29, 1.82) is 5.26 Å². The van der Waals surface area contributed by atoms with Gasteiger partial charge in [-0.25, -0.2) is 0 Å². The Morgan fingerprint density at radius 1 is 1.26 bits per heavy atom. The minimum Gasteiger partial charge on any atom is -0.300 e. The molecule has 98 valence electrons. The average Bonchev–Trinajstić information content (AvgIpc) is 2.68. The van der Waals surface area contributed by atoms with Gasteiger partial charge in [-0.3, -0.25) is 4.79 Å². The summed E-state index contributed by atoms with van der Waals surface area (Å²) >= 11 is 0. The highest BCUT2D eigenvalue weighted by molar-refractivity contribution is 6.00. The van der Waals surface area contributed by atoms with Gasteiger partial charge in [0.1, 0.15) is 0 Å². The van der Waals surface area contributed by atoms with Crippen LogP contribution in [0.1, 0.15) is 41.6 Å². The van der Waals surface area contributed by atoms with E-state index in [1.807, 2.05) is 12.1 Å². The number of ketones is 1. The van der Waals surface area contributed by atoms with Gasteiger partial charge < -0.3 is 4.90 Å². The van der Waals surface area contributed by atoms with Crippen molar-refractivity contribution in [2.24, 2.45) is 5.92 Å². The first kappa shape index (κ1) is 12.4. The molecule has 0 spiro atoms. The summed E-state index contributed by atoms with van der Waals surface area (Å²) in [6.45, 7) is 0. The standard InChI is InChI=1S/C16H18N2O/c1-18-13-6-7-14(18)9-12(8-13)16(19)15-5-3-2-4-11(15)10-17/h2-5,12-14H,6-9H2,1H3. The van der Waals surface area contributed by atoms with Crippen LogP contribution in [0.4, 0.5) is 0 Å². The van der Waals surface area contributed by atoms with Gasteiger partial charge in [0.2, 0.25) is 0 Å². The molecule has 3 rings (SSSR count). The van der Waals surface area contributed by atoms with Crippen molar-refractivity contribution in [2.75, 3.05) is 7.05 Å². The molecule has 2 unspecified atom stereocenters. The predicted octanol–water partition coefficient (Wildman–Crippen LogP) is 2.61. The lowest BCUT2D eigenvalue weighted by Crippen LogP contribution is -2.42. The van der Waals surface area contributed by atoms with Crippen LogP contribution in [0, 0.1) is 17.2 Å². The molecule has 2 atom stereocenters. The zero-order valence-electron chi connectivity index (χ0n) is 11.2. The summed E-state index contributed by atoms with van der Waals surface area (Å²) in [6.07, 6.45) is 4.33. The van der Waals surface area contributed by atoms with E-state index in [9.17, 15) is 4.79 Å². The fourth-order valence-corrected chi connectivity index (χ4v) is 3.64. The van der Waals surface area contributed by atoms with Crippen LogP contribution in [0.2, 0.25) is 0 Å². The van der Waals surface area contributed by atoms with Crippen LogP contribution in [0.5, 0.6) is 0 Å². The molecule has 0 aliphatic carbocycles. The normalized spacial score (nSPS) is 30.0. The molecule has 2 saturated heterocycles. The molecule has 19 heavy (non-hydrogen) atoms. The fraction of sp³-hybridized carbons (Fsp3) is 0.500. The van der Waals surface area contributed by atoms with Crippen LogP contribution in [0.25, 0.3) is 0 Å². The smallest absolute Gasteiger partial charge is 0.167 e. The average molecular weight is 254 g/mol. The third kappa shape index (κ3) is 2.06. The Bertz CT molecular complexity index is 532. The van der Waals surface area contributed by atoms with Crippen molar-refractivity contribution in [3.8, 4) is 6.07 Å². The van der Waals surface area contributed by atoms with Crippen molar-refractivity contribution >= 4 is 5.78 Å². The molecule has 3 nitrogen and oxygen atoms in total. The second kappa shape index (κ2) is 4.79. The van der Waals surface area contributed by atoms with Crippen molar-refractivity contribution < 1.29 is 4.79 Å².